The van der Waals surface area contributed by atoms with Crippen LogP contribution in [0.15, 0.2) is 11.6 Å². The highest BCUT2D eigenvalue weighted by molar-refractivity contribution is 5.34. The molecule has 80 valence electrons. The van der Waals surface area contributed by atoms with Crippen LogP contribution in [0.25, 0.3) is 0 Å². The molecule has 1 atom stereocenters. The molecule has 0 saturated carbocycles. The van der Waals surface area contributed by atoms with Gasteiger partial charge < -0.3 is 5.11 Å². The predicted molar refractivity (Wildman–Crippen MR) is 61.8 cm³/mol. The molecule has 1 unspecified atom stereocenters. The van der Waals surface area contributed by atoms with Gasteiger partial charge in [-0.25, -0.2) is 0 Å². The zero-order chi connectivity index (χ0) is 11.4. The average molecular weight is 194 g/mol. The first-order valence-corrected chi connectivity index (χ1v) is 5.15. The molecule has 0 aliphatic heterocycles. The molecule has 0 aromatic rings. The first-order chi connectivity index (χ1) is 6.23. The Morgan fingerprint density at radius 3 is 2.00 bits per heavy atom. The van der Waals surface area contributed by atoms with Crippen LogP contribution >= 0.6 is 0 Å². The second-order valence-corrected chi connectivity index (χ2v) is 5.02. The molecule has 14 heavy (non-hydrogen) atoms. The number of aliphatic hydroxyl groups is 1. The molecule has 0 aliphatic rings. The maximum atomic E-state index is 9.10. The Labute approximate surface area is 88.2 Å². The van der Waals surface area contributed by atoms with Crippen LogP contribution in [0.2, 0.25) is 0 Å². The average Bonchev–Trinajstić information content (AvgIpc) is 1.94. The zero-order valence-corrected chi connectivity index (χ0v) is 10.2. The van der Waals surface area contributed by atoms with E-state index in [1.807, 2.05) is 0 Å². The van der Waals surface area contributed by atoms with E-state index in [-0.39, 0.29) is 5.41 Å². The van der Waals surface area contributed by atoms with E-state index in [1.165, 1.54) is 0 Å². The van der Waals surface area contributed by atoms with Crippen LogP contribution in [-0.4, -0.2) is 11.2 Å². The predicted octanol–water partition coefficient (Wildman–Crippen LogP) is 3.00. The molecule has 0 amide bonds. The van der Waals surface area contributed by atoms with Crippen molar-refractivity contribution in [1.82, 2.24) is 0 Å². The molecule has 0 aromatic carbocycles. The molecule has 0 spiro atoms. The van der Waals surface area contributed by atoms with Crippen LogP contribution in [0.5, 0.6) is 0 Å². The first kappa shape index (κ1) is 13.3. The van der Waals surface area contributed by atoms with E-state index in [0.717, 1.165) is 5.57 Å². The smallest absolute Gasteiger partial charge is 0.112 e. The summed E-state index contributed by atoms with van der Waals surface area (Å²) in [6.45, 7) is 12.4. The molecule has 0 aliphatic carbocycles. The summed E-state index contributed by atoms with van der Waals surface area (Å²) in [5, 5.41) is 9.10. The summed E-state index contributed by atoms with van der Waals surface area (Å²) in [6.07, 6.45) is 1.61. The van der Waals surface area contributed by atoms with E-state index >= 15 is 0 Å². The lowest BCUT2D eigenvalue weighted by atomic mass is 9.85. The summed E-state index contributed by atoms with van der Waals surface area (Å²) in [5.74, 6) is 6.34. The third kappa shape index (κ3) is 5.83. The number of allylic oxidation sites excluding steroid dienone is 2. The van der Waals surface area contributed by atoms with Crippen molar-refractivity contribution < 1.29 is 5.11 Å². The van der Waals surface area contributed by atoms with Crippen molar-refractivity contribution in [3.63, 3.8) is 0 Å². The number of hydrogen-bond acceptors (Lipinski definition) is 1. The molecule has 0 heterocycles. The van der Waals surface area contributed by atoms with Crippen molar-refractivity contribution in [3.8, 4) is 11.8 Å². The molecule has 1 heteroatoms. The van der Waals surface area contributed by atoms with Gasteiger partial charge in [-0.05, 0) is 18.3 Å². The van der Waals surface area contributed by atoms with Crippen molar-refractivity contribution in [3.05, 3.63) is 11.6 Å². The number of hydrogen-bond donors (Lipinski definition) is 1. The molecule has 0 saturated heterocycles. The summed E-state index contributed by atoms with van der Waals surface area (Å²) < 4.78 is 0. The molecule has 0 rings (SSSR count). The number of aliphatic hydroxyl groups excluding tert-OH is 1. The molecule has 0 aromatic heterocycles. The minimum Gasteiger partial charge on any atom is -0.381 e. The van der Waals surface area contributed by atoms with E-state index in [4.69, 9.17) is 5.11 Å². The molecule has 0 fully saturated rings. The second-order valence-electron chi connectivity index (χ2n) is 5.02. The summed E-state index contributed by atoms with van der Waals surface area (Å²) in [7, 11) is 0. The second kappa shape index (κ2) is 5.22. The van der Waals surface area contributed by atoms with Crippen LogP contribution in [-0.2, 0) is 0 Å². The molecule has 1 nitrogen and oxygen atoms in total. The molecule has 1 N–H and O–H groups in total. The Morgan fingerprint density at radius 1 is 1.21 bits per heavy atom. The van der Waals surface area contributed by atoms with Gasteiger partial charge in [0, 0.05) is 5.57 Å². The van der Waals surface area contributed by atoms with Gasteiger partial charge in [0.1, 0.15) is 6.10 Å². The highest BCUT2D eigenvalue weighted by atomic mass is 16.3. The Hall–Kier alpha value is -0.740. The molecule has 0 bridgehead atoms. The van der Waals surface area contributed by atoms with E-state index in [1.54, 1.807) is 6.92 Å². The van der Waals surface area contributed by atoms with E-state index < -0.39 is 6.10 Å². The Morgan fingerprint density at radius 2 is 1.71 bits per heavy atom. The lowest BCUT2D eigenvalue weighted by molar-refractivity contribution is 0.253. The van der Waals surface area contributed by atoms with Crippen molar-refractivity contribution in [2.75, 3.05) is 0 Å². The fraction of sp³-hybridized carbons (Fsp3) is 0.692. The minimum atomic E-state index is -0.548. The summed E-state index contributed by atoms with van der Waals surface area (Å²) in [6, 6.07) is 0. The van der Waals surface area contributed by atoms with Gasteiger partial charge in [-0.15, -0.1) is 0 Å². The summed E-state index contributed by atoms with van der Waals surface area (Å²) in [4.78, 5) is 0. The maximum Gasteiger partial charge on any atom is 0.112 e. The highest BCUT2D eigenvalue weighted by Crippen LogP contribution is 2.25. The highest BCUT2D eigenvalue weighted by Gasteiger charge is 2.15. The van der Waals surface area contributed by atoms with Crippen molar-refractivity contribution in [2.45, 2.75) is 47.6 Å². The van der Waals surface area contributed by atoms with Gasteiger partial charge in [-0.3, -0.25) is 0 Å². The lowest BCUT2D eigenvalue weighted by Gasteiger charge is -2.19. The molecular formula is C13H22O. The SMILES string of the molecule is CC(O)C#CC(=CC(C)C)C(C)(C)C. The minimum absolute atomic E-state index is 0.0617. The van der Waals surface area contributed by atoms with Crippen molar-refractivity contribution in [1.29, 1.82) is 0 Å². The van der Waals surface area contributed by atoms with E-state index in [2.05, 4.69) is 52.5 Å². The molecule has 0 radical (unpaired) electrons. The fourth-order valence-electron chi connectivity index (χ4n) is 0.995. The van der Waals surface area contributed by atoms with Crippen LogP contribution in [0.3, 0.4) is 0 Å². The normalized spacial score (nSPS) is 15.0. The van der Waals surface area contributed by atoms with Gasteiger partial charge in [-0.2, -0.15) is 0 Å². The third-order valence-electron chi connectivity index (χ3n) is 1.72. The summed E-state index contributed by atoms with van der Waals surface area (Å²) >= 11 is 0. The van der Waals surface area contributed by atoms with Crippen molar-refractivity contribution >= 4 is 0 Å². The quantitative estimate of drug-likeness (QED) is 0.636. The van der Waals surface area contributed by atoms with Gasteiger partial charge >= 0.3 is 0 Å². The largest absolute Gasteiger partial charge is 0.381 e. The van der Waals surface area contributed by atoms with Gasteiger partial charge in [0.25, 0.3) is 0 Å². The van der Waals surface area contributed by atoms with Crippen LogP contribution < -0.4 is 0 Å². The van der Waals surface area contributed by atoms with Crippen molar-refractivity contribution in [2.24, 2.45) is 11.3 Å². The van der Waals surface area contributed by atoms with E-state index in [9.17, 15) is 0 Å². The van der Waals surface area contributed by atoms with Gasteiger partial charge in [-0.1, -0.05) is 52.5 Å². The fourth-order valence-corrected chi connectivity index (χ4v) is 0.995. The first-order valence-electron chi connectivity index (χ1n) is 5.15. The Kier molecular flexibility index (Phi) is 4.94. The van der Waals surface area contributed by atoms with Gasteiger partial charge in [0.15, 0.2) is 0 Å². The third-order valence-corrected chi connectivity index (χ3v) is 1.72. The lowest BCUT2D eigenvalue weighted by Crippen LogP contribution is -2.09. The Bertz CT molecular complexity index is 253. The van der Waals surface area contributed by atoms with E-state index in [0.29, 0.717) is 5.92 Å². The van der Waals surface area contributed by atoms with Crippen LogP contribution in [0.1, 0.15) is 41.5 Å². The standard InChI is InChI=1S/C13H22O/c1-10(2)9-12(13(4,5)6)8-7-11(3)14/h9-11,14H,1-6H3. The topological polar surface area (TPSA) is 20.2 Å². The van der Waals surface area contributed by atoms with Crippen LogP contribution in [0, 0.1) is 23.2 Å². The Balaban J connectivity index is 4.89. The van der Waals surface area contributed by atoms with Crippen LogP contribution in [0.4, 0.5) is 0 Å². The maximum absolute atomic E-state index is 9.10. The molecular weight excluding hydrogens is 172 g/mol. The summed E-state index contributed by atoms with van der Waals surface area (Å²) in [5.41, 5.74) is 1.17. The zero-order valence-electron chi connectivity index (χ0n) is 10.2. The van der Waals surface area contributed by atoms with Gasteiger partial charge in [0.05, 0.1) is 0 Å². The number of rotatable bonds is 1. The van der Waals surface area contributed by atoms with Gasteiger partial charge in [0.2, 0.25) is 0 Å². The monoisotopic (exact) mass is 194 g/mol.